The minimum Gasteiger partial charge on any atom is -0.372 e. The minimum atomic E-state index is -0.267. The molecule has 2 aliphatic rings. The molecule has 27 heavy (non-hydrogen) atoms. The lowest BCUT2D eigenvalue weighted by Gasteiger charge is -2.53. The van der Waals surface area contributed by atoms with Crippen molar-refractivity contribution in [3.8, 4) is 0 Å². The molecule has 0 aliphatic carbocycles. The quantitative estimate of drug-likeness (QED) is 0.831. The lowest BCUT2D eigenvalue weighted by molar-refractivity contribution is -0.188. The van der Waals surface area contributed by atoms with Crippen LogP contribution in [0.1, 0.15) is 40.3 Å². The highest BCUT2D eigenvalue weighted by atomic mass is 16.5. The maximum absolute atomic E-state index is 12.6. The highest BCUT2D eigenvalue weighted by Gasteiger charge is 2.49. The van der Waals surface area contributed by atoms with Gasteiger partial charge in [0.15, 0.2) is 0 Å². The monoisotopic (exact) mass is 367 g/mol. The van der Waals surface area contributed by atoms with Gasteiger partial charge in [0, 0.05) is 30.6 Å². The SMILES string of the molecule is Cc1ccc(C(=O)N2CC3(CC(OCc4cccc(C)n4)CCO3)C2)cn1. The Balaban J connectivity index is 1.31. The van der Waals surface area contributed by atoms with E-state index in [-0.39, 0.29) is 17.6 Å². The van der Waals surface area contributed by atoms with Crippen LogP contribution in [0.4, 0.5) is 0 Å². The summed E-state index contributed by atoms with van der Waals surface area (Å²) < 4.78 is 12.1. The number of ether oxygens (including phenoxy) is 2. The number of amides is 1. The average Bonchev–Trinajstić information content (AvgIpc) is 2.65. The van der Waals surface area contributed by atoms with Gasteiger partial charge in [0.05, 0.1) is 37.1 Å². The van der Waals surface area contributed by atoms with Gasteiger partial charge in [-0.05, 0) is 44.5 Å². The van der Waals surface area contributed by atoms with Crippen molar-refractivity contribution in [2.75, 3.05) is 19.7 Å². The normalized spacial score (nSPS) is 21.1. The second kappa shape index (κ2) is 7.37. The van der Waals surface area contributed by atoms with Crippen LogP contribution >= 0.6 is 0 Å². The maximum Gasteiger partial charge on any atom is 0.255 e. The van der Waals surface area contributed by atoms with Crippen LogP contribution in [-0.2, 0) is 16.1 Å². The van der Waals surface area contributed by atoms with E-state index in [0.29, 0.717) is 31.9 Å². The van der Waals surface area contributed by atoms with E-state index < -0.39 is 0 Å². The molecule has 2 fully saturated rings. The van der Waals surface area contributed by atoms with Gasteiger partial charge in [-0.3, -0.25) is 14.8 Å². The fourth-order valence-electron chi connectivity index (χ4n) is 3.80. The fourth-order valence-corrected chi connectivity index (χ4v) is 3.80. The molecule has 0 saturated carbocycles. The van der Waals surface area contributed by atoms with E-state index in [9.17, 15) is 4.79 Å². The fraction of sp³-hybridized carbons (Fsp3) is 0.476. The van der Waals surface area contributed by atoms with Gasteiger partial charge >= 0.3 is 0 Å². The molecule has 2 aliphatic heterocycles. The number of hydrogen-bond acceptors (Lipinski definition) is 5. The summed E-state index contributed by atoms with van der Waals surface area (Å²) in [6.07, 6.45) is 3.47. The van der Waals surface area contributed by atoms with Crippen molar-refractivity contribution >= 4 is 5.91 Å². The average molecular weight is 367 g/mol. The molecule has 6 heteroatoms. The number of aromatic nitrogens is 2. The van der Waals surface area contributed by atoms with Crippen molar-refractivity contribution < 1.29 is 14.3 Å². The number of hydrogen-bond donors (Lipinski definition) is 0. The van der Waals surface area contributed by atoms with Crippen LogP contribution in [0.25, 0.3) is 0 Å². The largest absolute Gasteiger partial charge is 0.372 e. The van der Waals surface area contributed by atoms with Gasteiger partial charge in [-0.1, -0.05) is 6.07 Å². The number of carbonyl (C=O) groups excluding carboxylic acids is 1. The minimum absolute atomic E-state index is 0.0173. The molecule has 0 N–H and O–H groups in total. The van der Waals surface area contributed by atoms with E-state index in [0.717, 1.165) is 29.9 Å². The van der Waals surface area contributed by atoms with Crippen molar-refractivity contribution in [1.29, 1.82) is 0 Å². The third-order valence-corrected chi connectivity index (χ3v) is 5.26. The molecule has 4 heterocycles. The van der Waals surface area contributed by atoms with Crippen molar-refractivity contribution in [1.82, 2.24) is 14.9 Å². The van der Waals surface area contributed by atoms with E-state index >= 15 is 0 Å². The van der Waals surface area contributed by atoms with Crippen molar-refractivity contribution in [2.45, 2.75) is 45.0 Å². The topological polar surface area (TPSA) is 64.6 Å². The summed E-state index contributed by atoms with van der Waals surface area (Å²) in [5, 5.41) is 0. The molecular weight excluding hydrogens is 342 g/mol. The molecule has 2 aromatic heterocycles. The molecule has 1 amide bonds. The van der Waals surface area contributed by atoms with Crippen molar-refractivity contribution in [2.24, 2.45) is 0 Å². The summed E-state index contributed by atoms with van der Waals surface area (Å²) >= 11 is 0. The third-order valence-electron chi connectivity index (χ3n) is 5.26. The molecule has 6 nitrogen and oxygen atoms in total. The summed E-state index contributed by atoms with van der Waals surface area (Å²) in [6.45, 7) is 6.30. The first-order chi connectivity index (χ1) is 13.0. The zero-order valence-corrected chi connectivity index (χ0v) is 15.9. The number of nitrogens with zero attached hydrogens (tertiary/aromatic N) is 3. The lowest BCUT2D eigenvalue weighted by Crippen LogP contribution is -2.67. The molecule has 1 spiro atoms. The van der Waals surface area contributed by atoms with Gasteiger partial charge in [-0.25, -0.2) is 0 Å². The number of pyridine rings is 2. The number of carbonyl (C=O) groups is 1. The van der Waals surface area contributed by atoms with Crippen LogP contribution in [0.2, 0.25) is 0 Å². The Kier molecular flexibility index (Phi) is 4.93. The van der Waals surface area contributed by atoms with Gasteiger partial charge in [0.1, 0.15) is 5.60 Å². The second-order valence-corrected chi connectivity index (χ2v) is 7.58. The van der Waals surface area contributed by atoms with Gasteiger partial charge in [0.2, 0.25) is 0 Å². The number of likely N-dealkylation sites (tertiary alicyclic amines) is 1. The zero-order valence-electron chi connectivity index (χ0n) is 15.9. The predicted octanol–water partition coefficient (Wildman–Crippen LogP) is 2.68. The summed E-state index contributed by atoms with van der Waals surface area (Å²) in [7, 11) is 0. The Labute approximate surface area is 159 Å². The summed E-state index contributed by atoms with van der Waals surface area (Å²) in [4.78, 5) is 23.1. The molecule has 1 unspecified atom stereocenters. The van der Waals surface area contributed by atoms with Crippen molar-refractivity contribution in [3.05, 3.63) is 59.2 Å². The highest BCUT2D eigenvalue weighted by molar-refractivity contribution is 5.94. The van der Waals surface area contributed by atoms with Gasteiger partial charge < -0.3 is 14.4 Å². The Morgan fingerprint density at radius 1 is 1.26 bits per heavy atom. The predicted molar refractivity (Wildman–Crippen MR) is 100 cm³/mol. The van der Waals surface area contributed by atoms with E-state index in [1.54, 1.807) is 6.20 Å². The van der Waals surface area contributed by atoms with Crippen molar-refractivity contribution in [3.63, 3.8) is 0 Å². The smallest absolute Gasteiger partial charge is 0.255 e. The van der Waals surface area contributed by atoms with Crippen LogP contribution in [0.15, 0.2) is 36.5 Å². The standard InChI is InChI=1S/C21H25N3O3/c1-15-6-7-17(11-22-15)20(25)24-13-21(14-24)10-19(8-9-27-21)26-12-18-5-3-4-16(2)23-18/h3-7,11,19H,8-10,12-14H2,1-2H3. The maximum atomic E-state index is 12.6. The van der Waals surface area contributed by atoms with Crippen LogP contribution in [-0.4, -0.2) is 52.2 Å². The van der Waals surface area contributed by atoms with Gasteiger partial charge in [-0.2, -0.15) is 0 Å². The van der Waals surface area contributed by atoms with Gasteiger partial charge in [0.25, 0.3) is 5.91 Å². The molecule has 0 radical (unpaired) electrons. The third kappa shape index (κ3) is 4.01. The Bertz CT molecular complexity index is 816. The van der Waals surface area contributed by atoms with Crippen LogP contribution in [0, 0.1) is 13.8 Å². The molecule has 1 atom stereocenters. The van der Waals surface area contributed by atoms with Crippen LogP contribution < -0.4 is 0 Å². The first-order valence-electron chi connectivity index (χ1n) is 9.43. The summed E-state index contributed by atoms with van der Waals surface area (Å²) in [5.74, 6) is 0.0173. The molecule has 2 aromatic rings. The zero-order chi connectivity index (χ0) is 18.9. The number of rotatable bonds is 4. The molecule has 2 saturated heterocycles. The van der Waals surface area contributed by atoms with E-state index in [1.807, 2.05) is 49.1 Å². The Morgan fingerprint density at radius 2 is 2.11 bits per heavy atom. The van der Waals surface area contributed by atoms with E-state index in [1.165, 1.54) is 0 Å². The molecule has 0 aromatic carbocycles. The lowest BCUT2D eigenvalue weighted by atomic mass is 9.84. The first-order valence-corrected chi connectivity index (χ1v) is 9.43. The van der Waals surface area contributed by atoms with Gasteiger partial charge in [-0.15, -0.1) is 0 Å². The first kappa shape index (κ1) is 18.1. The van der Waals surface area contributed by atoms with E-state index in [2.05, 4.69) is 9.97 Å². The Morgan fingerprint density at radius 3 is 2.85 bits per heavy atom. The second-order valence-electron chi connectivity index (χ2n) is 7.58. The molecule has 4 rings (SSSR count). The molecular formula is C21H25N3O3. The summed E-state index contributed by atoms with van der Waals surface area (Å²) in [5.41, 5.74) is 3.22. The highest BCUT2D eigenvalue weighted by Crippen LogP contribution is 2.36. The molecule has 0 bridgehead atoms. The van der Waals surface area contributed by atoms with E-state index in [4.69, 9.17) is 9.47 Å². The number of aryl methyl sites for hydroxylation is 2. The van der Waals surface area contributed by atoms with Crippen LogP contribution in [0.3, 0.4) is 0 Å². The summed E-state index contributed by atoms with van der Waals surface area (Å²) in [6, 6.07) is 9.67. The van der Waals surface area contributed by atoms with Crippen LogP contribution in [0.5, 0.6) is 0 Å². The Hall–Kier alpha value is -2.31. The molecule has 142 valence electrons.